The Hall–Kier alpha value is -2.08. The van der Waals surface area contributed by atoms with Crippen LogP contribution in [0.4, 0.5) is 5.69 Å². The minimum absolute atomic E-state index is 0.120. The van der Waals surface area contributed by atoms with E-state index >= 15 is 0 Å². The second kappa shape index (κ2) is 5.92. The summed E-state index contributed by atoms with van der Waals surface area (Å²) in [6.45, 7) is 2.63. The first-order valence-corrected chi connectivity index (χ1v) is 6.81. The van der Waals surface area contributed by atoms with Crippen LogP contribution in [-0.2, 0) is 6.54 Å². The summed E-state index contributed by atoms with van der Waals surface area (Å²) in [5.74, 6) is -1.31. The molecule has 2 N–H and O–H groups in total. The van der Waals surface area contributed by atoms with Gasteiger partial charge in [-0.3, -0.25) is 4.79 Å². The fourth-order valence-electron chi connectivity index (χ4n) is 1.84. The van der Waals surface area contributed by atoms with Gasteiger partial charge in [0.2, 0.25) is 0 Å². The number of halogens is 1. The van der Waals surface area contributed by atoms with Gasteiger partial charge in [-0.25, -0.2) is 4.79 Å². The normalized spacial score (nSPS) is 10.3. The van der Waals surface area contributed by atoms with Crippen molar-refractivity contribution < 1.29 is 14.7 Å². The number of nitrogens with one attached hydrogen (secondary N) is 1. The van der Waals surface area contributed by atoms with E-state index in [9.17, 15) is 9.59 Å². The van der Waals surface area contributed by atoms with Gasteiger partial charge in [-0.05, 0) is 53.2 Å². The lowest BCUT2D eigenvalue weighted by Crippen LogP contribution is -2.17. The second-order valence-electron chi connectivity index (χ2n) is 4.13. The Morgan fingerprint density at radius 2 is 2.10 bits per heavy atom. The molecule has 104 valence electrons. The van der Waals surface area contributed by atoms with Crippen LogP contribution < -0.4 is 5.32 Å². The number of carbonyl (C=O) groups is 2. The number of aryl methyl sites for hydroxylation is 1. The Morgan fingerprint density at radius 3 is 2.75 bits per heavy atom. The van der Waals surface area contributed by atoms with Crippen LogP contribution in [0.25, 0.3) is 0 Å². The van der Waals surface area contributed by atoms with Crippen LogP contribution in [0.1, 0.15) is 27.8 Å². The molecule has 0 aliphatic heterocycles. The van der Waals surface area contributed by atoms with Gasteiger partial charge in [0, 0.05) is 17.2 Å². The third-order valence-corrected chi connectivity index (χ3v) is 3.56. The van der Waals surface area contributed by atoms with E-state index in [0.29, 0.717) is 22.4 Å². The number of amides is 1. The van der Waals surface area contributed by atoms with Crippen molar-refractivity contribution in [1.82, 2.24) is 4.57 Å². The predicted molar refractivity (Wildman–Crippen MR) is 79.2 cm³/mol. The monoisotopic (exact) mass is 336 g/mol. The summed E-state index contributed by atoms with van der Waals surface area (Å²) in [5, 5.41) is 11.7. The van der Waals surface area contributed by atoms with Gasteiger partial charge in [0.25, 0.3) is 5.91 Å². The molecule has 1 aromatic heterocycles. The molecule has 0 fully saturated rings. The second-order valence-corrected chi connectivity index (χ2v) is 4.99. The highest BCUT2D eigenvalue weighted by Gasteiger charge is 2.13. The fourth-order valence-corrected chi connectivity index (χ4v) is 2.18. The standard InChI is InChI=1S/C14H13BrN2O3/c1-2-17-7-3-4-12(17)13(18)16-11-8-9(14(19)20)5-6-10(11)15/h3-8H,2H2,1H3,(H,16,18)(H,19,20). The Bertz CT molecular complexity index is 664. The van der Waals surface area contributed by atoms with Crippen molar-refractivity contribution in [3.05, 3.63) is 52.3 Å². The average molecular weight is 337 g/mol. The minimum atomic E-state index is -1.04. The van der Waals surface area contributed by atoms with Crippen molar-refractivity contribution >= 4 is 33.5 Å². The summed E-state index contributed by atoms with van der Waals surface area (Å²) < 4.78 is 2.44. The Kier molecular flexibility index (Phi) is 4.24. The molecular formula is C14H13BrN2O3. The van der Waals surface area contributed by atoms with Crippen molar-refractivity contribution in [2.75, 3.05) is 5.32 Å². The minimum Gasteiger partial charge on any atom is -0.478 e. The molecule has 0 spiro atoms. The number of benzene rings is 1. The Balaban J connectivity index is 2.28. The molecule has 1 heterocycles. The molecule has 2 aromatic rings. The van der Waals surface area contributed by atoms with Crippen LogP contribution in [0, 0.1) is 0 Å². The summed E-state index contributed by atoms with van der Waals surface area (Å²) in [5.41, 5.74) is 1.08. The smallest absolute Gasteiger partial charge is 0.335 e. The lowest BCUT2D eigenvalue weighted by molar-refractivity contribution is 0.0696. The zero-order valence-electron chi connectivity index (χ0n) is 10.8. The topological polar surface area (TPSA) is 71.3 Å². The molecule has 0 saturated heterocycles. The number of anilines is 1. The molecule has 0 saturated carbocycles. The van der Waals surface area contributed by atoms with Crippen LogP contribution in [-0.4, -0.2) is 21.6 Å². The van der Waals surface area contributed by atoms with Crippen LogP contribution >= 0.6 is 15.9 Å². The van der Waals surface area contributed by atoms with Crippen LogP contribution in [0.15, 0.2) is 41.0 Å². The Labute approximate surface area is 124 Å². The van der Waals surface area contributed by atoms with Crippen molar-refractivity contribution in [2.45, 2.75) is 13.5 Å². The van der Waals surface area contributed by atoms with Crippen LogP contribution in [0.5, 0.6) is 0 Å². The molecule has 0 radical (unpaired) electrons. The van der Waals surface area contributed by atoms with E-state index in [2.05, 4.69) is 21.2 Å². The van der Waals surface area contributed by atoms with Crippen molar-refractivity contribution in [1.29, 1.82) is 0 Å². The number of carbonyl (C=O) groups excluding carboxylic acids is 1. The maximum absolute atomic E-state index is 12.2. The molecule has 6 heteroatoms. The first kappa shape index (κ1) is 14.3. The molecule has 0 unspecified atom stereocenters. The molecule has 0 bridgehead atoms. The van der Waals surface area contributed by atoms with E-state index in [1.165, 1.54) is 12.1 Å². The highest BCUT2D eigenvalue weighted by atomic mass is 79.9. The van der Waals surface area contributed by atoms with Gasteiger partial charge in [-0.1, -0.05) is 0 Å². The SMILES string of the molecule is CCn1cccc1C(=O)Nc1cc(C(=O)O)ccc1Br. The van der Waals surface area contributed by atoms with E-state index in [4.69, 9.17) is 5.11 Å². The van der Waals surface area contributed by atoms with Crippen molar-refractivity contribution in [3.8, 4) is 0 Å². The van der Waals surface area contributed by atoms with Crippen LogP contribution in [0.3, 0.4) is 0 Å². The van der Waals surface area contributed by atoms with Gasteiger partial charge in [-0.15, -0.1) is 0 Å². The summed E-state index contributed by atoms with van der Waals surface area (Å²) in [4.78, 5) is 23.1. The maximum Gasteiger partial charge on any atom is 0.335 e. The lowest BCUT2D eigenvalue weighted by atomic mass is 10.2. The van der Waals surface area contributed by atoms with E-state index in [-0.39, 0.29) is 11.5 Å². The van der Waals surface area contributed by atoms with Crippen LogP contribution in [0.2, 0.25) is 0 Å². The largest absolute Gasteiger partial charge is 0.478 e. The number of rotatable bonds is 4. The predicted octanol–water partition coefficient (Wildman–Crippen LogP) is 3.22. The summed E-state index contributed by atoms with van der Waals surface area (Å²) in [6, 6.07) is 7.99. The van der Waals surface area contributed by atoms with E-state index < -0.39 is 5.97 Å². The third-order valence-electron chi connectivity index (χ3n) is 2.86. The molecule has 0 aliphatic rings. The van der Waals surface area contributed by atoms with Gasteiger partial charge in [0.05, 0.1) is 11.3 Å². The molecule has 1 aromatic carbocycles. The maximum atomic E-state index is 12.2. The highest BCUT2D eigenvalue weighted by molar-refractivity contribution is 9.10. The quantitative estimate of drug-likeness (QED) is 0.900. The van der Waals surface area contributed by atoms with Gasteiger partial charge >= 0.3 is 5.97 Å². The number of hydrogen-bond acceptors (Lipinski definition) is 2. The molecule has 0 aliphatic carbocycles. The molecule has 1 amide bonds. The number of carboxylic acid groups (broad SMARTS) is 1. The number of carboxylic acids is 1. The number of nitrogens with zero attached hydrogens (tertiary/aromatic N) is 1. The fraction of sp³-hybridized carbons (Fsp3) is 0.143. The molecule has 2 rings (SSSR count). The van der Waals surface area contributed by atoms with Gasteiger partial charge in [-0.2, -0.15) is 0 Å². The number of aromatic nitrogens is 1. The lowest BCUT2D eigenvalue weighted by Gasteiger charge is -2.10. The Morgan fingerprint density at radius 1 is 1.35 bits per heavy atom. The molecule has 20 heavy (non-hydrogen) atoms. The van der Waals surface area contributed by atoms with Gasteiger partial charge in [0.15, 0.2) is 0 Å². The first-order chi connectivity index (χ1) is 9.52. The van der Waals surface area contributed by atoms with E-state index in [0.717, 1.165) is 0 Å². The highest BCUT2D eigenvalue weighted by Crippen LogP contribution is 2.24. The molecule has 5 nitrogen and oxygen atoms in total. The summed E-state index contributed by atoms with van der Waals surface area (Å²) in [7, 11) is 0. The third kappa shape index (κ3) is 2.91. The van der Waals surface area contributed by atoms with Crippen molar-refractivity contribution in [3.63, 3.8) is 0 Å². The van der Waals surface area contributed by atoms with Gasteiger partial charge < -0.3 is 15.0 Å². The zero-order valence-corrected chi connectivity index (χ0v) is 12.3. The average Bonchev–Trinajstić information content (AvgIpc) is 2.89. The van der Waals surface area contributed by atoms with E-state index in [1.807, 2.05) is 17.7 Å². The zero-order chi connectivity index (χ0) is 14.7. The first-order valence-electron chi connectivity index (χ1n) is 6.02. The van der Waals surface area contributed by atoms with Crippen molar-refractivity contribution in [2.24, 2.45) is 0 Å². The number of hydrogen-bond donors (Lipinski definition) is 2. The number of aromatic carboxylic acids is 1. The van der Waals surface area contributed by atoms with E-state index in [1.54, 1.807) is 18.2 Å². The summed E-state index contributed by atoms with van der Waals surface area (Å²) >= 11 is 3.29. The molecular weight excluding hydrogens is 324 g/mol. The molecule has 0 atom stereocenters. The summed E-state index contributed by atoms with van der Waals surface area (Å²) in [6.07, 6.45) is 1.82. The van der Waals surface area contributed by atoms with Gasteiger partial charge in [0.1, 0.15) is 5.69 Å².